The number of guanidine groups is 1. The van der Waals surface area contributed by atoms with E-state index >= 15 is 0 Å². The van der Waals surface area contributed by atoms with Gasteiger partial charge in [-0.2, -0.15) is 0 Å². The summed E-state index contributed by atoms with van der Waals surface area (Å²) in [5, 5.41) is 6.52. The van der Waals surface area contributed by atoms with E-state index in [1.807, 2.05) is 6.07 Å². The molecule has 0 aliphatic heterocycles. The molecule has 0 spiro atoms. The monoisotopic (exact) mass is 279 g/mol. The van der Waals surface area contributed by atoms with Gasteiger partial charge in [0, 0.05) is 39.4 Å². The minimum absolute atomic E-state index is 0.674. The lowest BCUT2D eigenvalue weighted by Gasteiger charge is -2.14. The van der Waals surface area contributed by atoms with E-state index in [2.05, 4.69) is 34.7 Å². The van der Waals surface area contributed by atoms with E-state index in [9.17, 15) is 0 Å². The number of benzene rings is 1. The second-order valence-electron chi connectivity index (χ2n) is 4.51. The summed E-state index contributed by atoms with van der Waals surface area (Å²) in [5.41, 5.74) is 2.30. The second kappa shape index (κ2) is 9.20. The molecule has 2 N–H and O–H groups in total. The standard InChI is InChI=1S/C15H25N3O2/c1-12-6-7-13(14(10-12)20-4)11-18-15(16-2)17-8-5-9-19-3/h6-7,10H,5,8-9,11H2,1-4H3,(H2,16,17,18). The van der Waals surface area contributed by atoms with Crippen molar-refractivity contribution in [1.29, 1.82) is 0 Å². The molecule has 20 heavy (non-hydrogen) atoms. The van der Waals surface area contributed by atoms with Gasteiger partial charge in [0.15, 0.2) is 5.96 Å². The highest BCUT2D eigenvalue weighted by Gasteiger charge is 2.04. The van der Waals surface area contributed by atoms with Gasteiger partial charge in [0.25, 0.3) is 0 Å². The fraction of sp³-hybridized carbons (Fsp3) is 0.533. The average Bonchev–Trinajstić information content (AvgIpc) is 2.47. The van der Waals surface area contributed by atoms with Crippen molar-refractivity contribution in [2.75, 3.05) is 34.4 Å². The quantitative estimate of drug-likeness (QED) is 0.453. The highest BCUT2D eigenvalue weighted by atomic mass is 16.5. The van der Waals surface area contributed by atoms with Crippen molar-refractivity contribution in [3.63, 3.8) is 0 Å². The van der Waals surface area contributed by atoms with Gasteiger partial charge in [-0.15, -0.1) is 0 Å². The lowest BCUT2D eigenvalue weighted by atomic mass is 10.1. The molecule has 112 valence electrons. The molecule has 0 unspecified atom stereocenters. The number of hydrogen-bond donors (Lipinski definition) is 2. The minimum atomic E-state index is 0.674. The number of hydrogen-bond acceptors (Lipinski definition) is 3. The minimum Gasteiger partial charge on any atom is -0.496 e. The largest absolute Gasteiger partial charge is 0.496 e. The van der Waals surface area contributed by atoms with Crippen LogP contribution in [0.5, 0.6) is 5.75 Å². The van der Waals surface area contributed by atoms with E-state index < -0.39 is 0 Å². The molecular formula is C15H25N3O2. The van der Waals surface area contributed by atoms with Gasteiger partial charge < -0.3 is 20.1 Å². The van der Waals surface area contributed by atoms with Crippen molar-refractivity contribution in [2.24, 2.45) is 4.99 Å². The molecule has 0 fully saturated rings. The summed E-state index contributed by atoms with van der Waals surface area (Å²) >= 11 is 0. The van der Waals surface area contributed by atoms with Gasteiger partial charge in [0.05, 0.1) is 7.11 Å². The zero-order valence-electron chi connectivity index (χ0n) is 12.8. The van der Waals surface area contributed by atoms with Crippen molar-refractivity contribution >= 4 is 5.96 Å². The Hall–Kier alpha value is -1.75. The van der Waals surface area contributed by atoms with Crippen LogP contribution in [-0.2, 0) is 11.3 Å². The Balaban J connectivity index is 2.48. The van der Waals surface area contributed by atoms with E-state index in [0.717, 1.165) is 36.8 Å². The number of rotatable bonds is 7. The van der Waals surface area contributed by atoms with Crippen LogP contribution in [0.2, 0.25) is 0 Å². The normalized spacial score (nSPS) is 11.3. The number of nitrogens with zero attached hydrogens (tertiary/aromatic N) is 1. The van der Waals surface area contributed by atoms with Gasteiger partial charge in [-0.05, 0) is 25.0 Å². The smallest absolute Gasteiger partial charge is 0.191 e. The van der Waals surface area contributed by atoms with Gasteiger partial charge in [0.1, 0.15) is 5.75 Å². The summed E-state index contributed by atoms with van der Waals surface area (Å²) in [6, 6.07) is 6.18. The van der Waals surface area contributed by atoms with E-state index in [1.165, 1.54) is 5.56 Å². The van der Waals surface area contributed by atoms with Crippen molar-refractivity contribution in [3.05, 3.63) is 29.3 Å². The molecule has 1 aromatic rings. The topological polar surface area (TPSA) is 54.9 Å². The summed E-state index contributed by atoms with van der Waals surface area (Å²) in [4.78, 5) is 4.19. The Labute approximate surface area is 121 Å². The third-order valence-electron chi connectivity index (χ3n) is 2.93. The van der Waals surface area contributed by atoms with Crippen LogP contribution in [0.4, 0.5) is 0 Å². The molecule has 0 atom stereocenters. The van der Waals surface area contributed by atoms with Gasteiger partial charge in [-0.25, -0.2) is 0 Å². The predicted octanol–water partition coefficient (Wildman–Crippen LogP) is 1.71. The lowest BCUT2D eigenvalue weighted by molar-refractivity contribution is 0.195. The first-order valence-electron chi connectivity index (χ1n) is 6.78. The van der Waals surface area contributed by atoms with Crippen molar-refractivity contribution in [3.8, 4) is 5.75 Å². The molecule has 0 radical (unpaired) electrons. The Morgan fingerprint density at radius 1 is 1.25 bits per heavy atom. The Morgan fingerprint density at radius 2 is 2.05 bits per heavy atom. The van der Waals surface area contributed by atoms with Crippen LogP contribution in [-0.4, -0.2) is 40.4 Å². The third kappa shape index (κ3) is 5.48. The molecule has 0 aromatic heterocycles. The molecule has 0 amide bonds. The van der Waals surface area contributed by atoms with Gasteiger partial charge in [-0.1, -0.05) is 12.1 Å². The fourth-order valence-corrected chi connectivity index (χ4v) is 1.82. The van der Waals surface area contributed by atoms with Gasteiger partial charge >= 0.3 is 0 Å². The van der Waals surface area contributed by atoms with Crippen molar-refractivity contribution in [2.45, 2.75) is 19.9 Å². The SMILES string of the molecule is CN=C(NCCCOC)NCc1ccc(C)cc1OC. The molecule has 0 saturated heterocycles. The first kappa shape index (κ1) is 16.3. The predicted molar refractivity (Wildman–Crippen MR) is 82.4 cm³/mol. The van der Waals surface area contributed by atoms with Gasteiger partial charge in [0.2, 0.25) is 0 Å². The van der Waals surface area contributed by atoms with Crippen LogP contribution >= 0.6 is 0 Å². The number of methoxy groups -OCH3 is 2. The molecule has 0 bridgehead atoms. The highest BCUT2D eigenvalue weighted by molar-refractivity contribution is 5.79. The molecule has 1 rings (SSSR count). The molecule has 5 nitrogen and oxygen atoms in total. The maximum absolute atomic E-state index is 5.39. The maximum atomic E-state index is 5.39. The summed E-state index contributed by atoms with van der Waals surface area (Å²) in [5.74, 6) is 1.68. The number of aryl methyl sites for hydroxylation is 1. The van der Waals surface area contributed by atoms with Crippen LogP contribution in [0.3, 0.4) is 0 Å². The summed E-state index contributed by atoms with van der Waals surface area (Å²) in [6.45, 7) is 4.30. The number of ether oxygens (including phenoxy) is 2. The molecule has 0 aliphatic carbocycles. The average molecular weight is 279 g/mol. The molecule has 1 aromatic carbocycles. The summed E-state index contributed by atoms with van der Waals surface area (Å²) in [7, 11) is 5.16. The number of nitrogens with one attached hydrogen (secondary N) is 2. The molecule has 0 saturated carbocycles. The molecule has 0 heterocycles. The van der Waals surface area contributed by atoms with Crippen LogP contribution in [0.15, 0.2) is 23.2 Å². The van der Waals surface area contributed by atoms with E-state index in [4.69, 9.17) is 9.47 Å². The zero-order chi connectivity index (χ0) is 14.8. The molecule has 0 aliphatic rings. The van der Waals surface area contributed by atoms with Crippen molar-refractivity contribution in [1.82, 2.24) is 10.6 Å². The molecular weight excluding hydrogens is 254 g/mol. The Kier molecular flexibility index (Phi) is 7.50. The fourth-order valence-electron chi connectivity index (χ4n) is 1.82. The van der Waals surface area contributed by atoms with Gasteiger partial charge in [-0.3, -0.25) is 4.99 Å². The Bertz CT molecular complexity index is 433. The van der Waals surface area contributed by atoms with Crippen LogP contribution < -0.4 is 15.4 Å². The third-order valence-corrected chi connectivity index (χ3v) is 2.93. The number of aliphatic imine (C=N–C) groups is 1. The summed E-state index contributed by atoms with van der Waals surface area (Å²) < 4.78 is 10.4. The molecule has 5 heteroatoms. The summed E-state index contributed by atoms with van der Waals surface area (Å²) in [6.07, 6.45) is 0.949. The first-order chi connectivity index (χ1) is 9.71. The van der Waals surface area contributed by atoms with E-state index in [-0.39, 0.29) is 0 Å². The van der Waals surface area contributed by atoms with Crippen LogP contribution in [0, 0.1) is 6.92 Å². The second-order valence-corrected chi connectivity index (χ2v) is 4.51. The Morgan fingerprint density at radius 3 is 2.70 bits per heavy atom. The first-order valence-corrected chi connectivity index (χ1v) is 6.78. The maximum Gasteiger partial charge on any atom is 0.191 e. The zero-order valence-corrected chi connectivity index (χ0v) is 12.8. The van der Waals surface area contributed by atoms with E-state index in [0.29, 0.717) is 6.54 Å². The van der Waals surface area contributed by atoms with E-state index in [1.54, 1.807) is 21.3 Å². The highest BCUT2D eigenvalue weighted by Crippen LogP contribution is 2.19. The van der Waals surface area contributed by atoms with Crippen LogP contribution in [0.1, 0.15) is 17.5 Å². The lowest BCUT2D eigenvalue weighted by Crippen LogP contribution is -2.37. The van der Waals surface area contributed by atoms with Crippen LogP contribution in [0.25, 0.3) is 0 Å². The van der Waals surface area contributed by atoms with Crippen molar-refractivity contribution < 1.29 is 9.47 Å².